The number of fused-ring (bicyclic) bond motifs is 2. The second-order valence-electron chi connectivity index (χ2n) is 4.91. The number of hydrogen-bond acceptors (Lipinski definition) is 4. The third-order valence-electron chi connectivity index (χ3n) is 3.68. The minimum atomic E-state index is 0.0989. The molecule has 0 aliphatic carbocycles. The van der Waals surface area contributed by atoms with Crippen LogP contribution in [0, 0.1) is 6.92 Å². The number of aryl methyl sites for hydroxylation is 1. The molecule has 3 heterocycles. The second-order valence-corrected chi connectivity index (χ2v) is 5.91. The summed E-state index contributed by atoms with van der Waals surface area (Å²) >= 11 is 1.82. The lowest BCUT2D eigenvalue weighted by Crippen LogP contribution is -2.29. The highest BCUT2D eigenvalue weighted by molar-refractivity contribution is 7.10. The van der Waals surface area contributed by atoms with Gasteiger partial charge in [0, 0.05) is 11.4 Å². The van der Waals surface area contributed by atoms with Crippen LogP contribution >= 0.6 is 11.3 Å². The van der Waals surface area contributed by atoms with Crippen molar-refractivity contribution < 1.29 is 4.42 Å². The summed E-state index contributed by atoms with van der Waals surface area (Å²) in [6.45, 7) is 3.05. The predicted molar refractivity (Wildman–Crippen MR) is 76.6 cm³/mol. The van der Waals surface area contributed by atoms with E-state index in [0.717, 1.165) is 35.5 Å². The zero-order chi connectivity index (χ0) is 12.8. The lowest BCUT2D eigenvalue weighted by molar-refractivity contribution is 0.442. The van der Waals surface area contributed by atoms with Crippen LogP contribution in [0.4, 0.5) is 0 Å². The van der Waals surface area contributed by atoms with Gasteiger partial charge in [-0.25, -0.2) is 4.98 Å². The van der Waals surface area contributed by atoms with E-state index in [1.807, 2.05) is 23.5 Å². The molecular weight excluding hydrogens is 256 g/mol. The molecular formula is C15H14N2OS. The fourth-order valence-electron chi connectivity index (χ4n) is 2.70. The maximum absolute atomic E-state index is 5.95. The fraction of sp³-hybridized carbons (Fsp3) is 0.267. The Hall–Kier alpha value is -1.65. The average molecular weight is 270 g/mol. The summed E-state index contributed by atoms with van der Waals surface area (Å²) in [5.41, 5.74) is 4.33. The van der Waals surface area contributed by atoms with Crippen molar-refractivity contribution in [3.8, 4) is 0 Å². The van der Waals surface area contributed by atoms with Crippen molar-refractivity contribution in [3.05, 3.63) is 51.5 Å². The Morgan fingerprint density at radius 2 is 2.32 bits per heavy atom. The molecule has 1 aliphatic heterocycles. The van der Waals surface area contributed by atoms with Crippen molar-refractivity contribution >= 4 is 22.4 Å². The lowest BCUT2D eigenvalue weighted by atomic mass is 10.0. The van der Waals surface area contributed by atoms with Crippen LogP contribution in [0.3, 0.4) is 0 Å². The van der Waals surface area contributed by atoms with Crippen LogP contribution in [0.1, 0.15) is 27.9 Å². The highest BCUT2D eigenvalue weighted by Crippen LogP contribution is 2.33. The number of nitrogens with zero attached hydrogens (tertiary/aromatic N) is 1. The number of thiophene rings is 1. The first kappa shape index (κ1) is 11.2. The Morgan fingerprint density at radius 3 is 3.21 bits per heavy atom. The molecule has 1 unspecified atom stereocenters. The number of benzene rings is 1. The molecule has 0 amide bonds. The van der Waals surface area contributed by atoms with Gasteiger partial charge in [-0.05, 0) is 42.0 Å². The van der Waals surface area contributed by atoms with Crippen LogP contribution in [0.5, 0.6) is 0 Å². The molecule has 0 spiro atoms. The molecule has 0 saturated carbocycles. The molecule has 2 aromatic heterocycles. The molecule has 4 rings (SSSR count). The highest BCUT2D eigenvalue weighted by atomic mass is 32.1. The average Bonchev–Trinajstić information content (AvgIpc) is 3.05. The van der Waals surface area contributed by atoms with E-state index in [4.69, 9.17) is 4.42 Å². The predicted octanol–water partition coefficient (Wildman–Crippen LogP) is 3.43. The Bertz CT molecular complexity index is 744. The molecule has 3 aromatic rings. The summed E-state index contributed by atoms with van der Waals surface area (Å²) in [5.74, 6) is 0.781. The highest BCUT2D eigenvalue weighted by Gasteiger charge is 2.26. The maximum Gasteiger partial charge on any atom is 0.217 e. The molecule has 0 bridgehead atoms. The molecule has 96 valence electrons. The van der Waals surface area contributed by atoms with Crippen LogP contribution in [-0.2, 0) is 6.42 Å². The SMILES string of the molecule is Cc1cccc2oc(C3NCCc4sccc43)nc12. The molecule has 19 heavy (non-hydrogen) atoms. The summed E-state index contributed by atoms with van der Waals surface area (Å²) in [5, 5.41) is 5.66. The van der Waals surface area contributed by atoms with Gasteiger partial charge in [-0.3, -0.25) is 0 Å². The van der Waals surface area contributed by atoms with Gasteiger partial charge in [0.25, 0.3) is 0 Å². The van der Waals surface area contributed by atoms with Crippen molar-refractivity contribution in [2.75, 3.05) is 6.54 Å². The molecule has 4 heteroatoms. The normalized spacial score (nSPS) is 18.7. The van der Waals surface area contributed by atoms with Gasteiger partial charge in [-0.15, -0.1) is 11.3 Å². The summed E-state index contributed by atoms with van der Waals surface area (Å²) in [4.78, 5) is 6.14. The summed E-state index contributed by atoms with van der Waals surface area (Å²) in [6.07, 6.45) is 1.10. The first-order chi connectivity index (χ1) is 9.33. The zero-order valence-corrected chi connectivity index (χ0v) is 11.5. The molecule has 0 radical (unpaired) electrons. The van der Waals surface area contributed by atoms with Gasteiger partial charge in [-0.1, -0.05) is 12.1 Å². The van der Waals surface area contributed by atoms with E-state index in [9.17, 15) is 0 Å². The molecule has 1 aliphatic rings. The van der Waals surface area contributed by atoms with E-state index in [1.165, 1.54) is 10.4 Å². The van der Waals surface area contributed by atoms with Gasteiger partial charge in [-0.2, -0.15) is 0 Å². The number of para-hydroxylation sites is 1. The summed E-state index contributed by atoms with van der Waals surface area (Å²) in [7, 11) is 0. The third kappa shape index (κ3) is 1.71. The number of aromatic nitrogens is 1. The quantitative estimate of drug-likeness (QED) is 0.736. The number of hydrogen-bond donors (Lipinski definition) is 1. The van der Waals surface area contributed by atoms with Gasteiger partial charge in [0.05, 0.1) is 0 Å². The molecule has 1 N–H and O–H groups in total. The minimum absolute atomic E-state index is 0.0989. The standard InChI is InChI=1S/C15H14N2OS/c1-9-3-2-4-11-13(9)17-15(18-11)14-10-6-8-19-12(10)5-7-16-14/h2-4,6,8,14,16H,5,7H2,1H3. The minimum Gasteiger partial charge on any atom is -0.439 e. The Labute approximate surface area is 115 Å². The van der Waals surface area contributed by atoms with Crippen LogP contribution in [-0.4, -0.2) is 11.5 Å². The van der Waals surface area contributed by atoms with Crippen LogP contribution < -0.4 is 5.32 Å². The van der Waals surface area contributed by atoms with Crippen molar-refractivity contribution in [2.45, 2.75) is 19.4 Å². The van der Waals surface area contributed by atoms with E-state index < -0.39 is 0 Å². The van der Waals surface area contributed by atoms with E-state index in [0.29, 0.717) is 0 Å². The van der Waals surface area contributed by atoms with Gasteiger partial charge < -0.3 is 9.73 Å². The Morgan fingerprint density at radius 1 is 1.37 bits per heavy atom. The van der Waals surface area contributed by atoms with Gasteiger partial charge in [0.2, 0.25) is 5.89 Å². The molecule has 1 atom stereocenters. The summed E-state index contributed by atoms with van der Waals surface area (Å²) < 4.78 is 5.95. The van der Waals surface area contributed by atoms with Crippen molar-refractivity contribution in [3.63, 3.8) is 0 Å². The van der Waals surface area contributed by atoms with Crippen LogP contribution in [0.25, 0.3) is 11.1 Å². The Balaban J connectivity index is 1.86. The Kier molecular flexibility index (Phi) is 2.47. The smallest absolute Gasteiger partial charge is 0.217 e. The summed E-state index contributed by atoms with van der Waals surface area (Å²) in [6, 6.07) is 8.34. The van der Waals surface area contributed by atoms with Crippen LogP contribution in [0.2, 0.25) is 0 Å². The van der Waals surface area contributed by atoms with Crippen molar-refractivity contribution in [2.24, 2.45) is 0 Å². The zero-order valence-electron chi connectivity index (χ0n) is 10.6. The lowest BCUT2D eigenvalue weighted by Gasteiger charge is -2.21. The number of oxazole rings is 1. The molecule has 0 saturated heterocycles. The third-order valence-corrected chi connectivity index (χ3v) is 4.67. The first-order valence-corrected chi connectivity index (χ1v) is 7.36. The molecule has 3 nitrogen and oxygen atoms in total. The van der Waals surface area contributed by atoms with E-state index in [2.05, 4.69) is 34.7 Å². The second kappa shape index (κ2) is 4.18. The van der Waals surface area contributed by atoms with E-state index in [1.54, 1.807) is 0 Å². The topological polar surface area (TPSA) is 38.1 Å². The fourth-order valence-corrected chi connectivity index (χ4v) is 3.62. The maximum atomic E-state index is 5.95. The van der Waals surface area contributed by atoms with Crippen LogP contribution in [0.15, 0.2) is 34.1 Å². The first-order valence-electron chi connectivity index (χ1n) is 6.48. The molecule has 0 fully saturated rings. The number of rotatable bonds is 1. The number of nitrogens with one attached hydrogen (secondary N) is 1. The largest absolute Gasteiger partial charge is 0.439 e. The monoisotopic (exact) mass is 270 g/mol. The van der Waals surface area contributed by atoms with Crippen molar-refractivity contribution in [1.29, 1.82) is 0 Å². The van der Waals surface area contributed by atoms with E-state index in [-0.39, 0.29) is 6.04 Å². The molecule has 1 aromatic carbocycles. The van der Waals surface area contributed by atoms with Crippen molar-refractivity contribution in [1.82, 2.24) is 10.3 Å². The van der Waals surface area contributed by atoms with Gasteiger partial charge in [0.1, 0.15) is 11.6 Å². The van der Waals surface area contributed by atoms with Gasteiger partial charge >= 0.3 is 0 Å². The van der Waals surface area contributed by atoms with E-state index >= 15 is 0 Å². The van der Waals surface area contributed by atoms with Gasteiger partial charge in [0.15, 0.2) is 5.58 Å².